The molecule has 0 atom stereocenters. The van der Waals surface area contributed by atoms with E-state index in [1.165, 1.54) is 12.2 Å². The average molecular weight is 399 g/mol. The molecule has 0 fully saturated rings. The fraction of sp³-hybridized carbons (Fsp3) is 0.167. The molecular formula is C12H18K2Na2O5S. The van der Waals surface area contributed by atoms with Crippen LogP contribution in [0.15, 0.2) is 48.6 Å². The van der Waals surface area contributed by atoms with Crippen molar-refractivity contribution in [3.63, 3.8) is 0 Å². The molecule has 0 aliphatic rings. The van der Waals surface area contributed by atoms with Crippen LogP contribution in [0.2, 0.25) is 0 Å². The van der Waals surface area contributed by atoms with E-state index in [9.17, 15) is 13.8 Å². The van der Waals surface area contributed by atoms with Crippen LogP contribution in [0.3, 0.4) is 0 Å². The van der Waals surface area contributed by atoms with Gasteiger partial charge < -0.3 is 14.1 Å². The van der Waals surface area contributed by atoms with Gasteiger partial charge >= 0.3 is 185 Å². The van der Waals surface area contributed by atoms with Crippen LogP contribution in [0.5, 0.6) is 0 Å². The van der Waals surface area contributed by atoms with Crippen LogP contribution in [0.4, 0.5) is 0 Å². The first kappa shape index (κ1) is 36.3. The summed E-state index contributed by atoms with van der Waals surface area (Å²) in [7, 11) is 0. The van der Waals surface area contributed by atoms with E-state index in [0.29, 0.717) is 0 Å². The second kappa shape index (κ2) is 26.6. The van der Waals surface area contributed by atoms with Crippen LogP contribution in [-0.4, -0.2) is 16.1 Å². The number of rotatable bonds is 6. The van der Waals surface area contributed by atoms with Gasteiger partial charge in [-0.25, -0.2) is 9.59 Å². The van der Waals surface area contributed by atoms with E-state index in [4.69, 9.17) is 0 Å². The van der Waals surface area contributed by atoms with Crippen LogP contribution in [0, 0.1) is 0 Å². The molecule has 0 aliphatic carbocycles. The van der Waals surface area contributed by atoms with E-state index in [0.717, 1.165) is 12.2 Å². The normalized spacial score (nSPS) is 9.95. The predicted molar refractivity (Wildman–Crippen MR) is 72.7 cm³/mol. The predicted octanol–water partition coefficient (Wildman–Crippen LogP) is -9.62. The topological polar surface area (TPSA) is 69.7 Å². The molecule has 0 saturated carbocycles. The summed E-state index contributed by atoms with van der Waals surface area (Å²) in [6.45, 7) is 3.54. The zero-order valence-electron chi connectivity index (χ0n) is 18.1. The third-order valence-electron chi connectivity index (χ3n) is 1.37. The molecule has 0 rings (SSSR count). The van der Waals surface area contributed by atoms with Gasteiger partial charge in [0.15, 0.2) is 0 Å². The molecule has 0 radical (unpaired) electrons. The molecule has 0 aromatic rings. The summed E-state index contributed by atoms with van der Waals surface area (Å²) in [5.41, 5.74) is 0. The van der Waals surface area contributed by atoms with Crippen molar-refractivity contribution in [2.45, 2.75) is 13.8 Å². The van der Waals surface area contributed by atoms with Crippen molar-refractivity contribution < 1.29 is 190 Å². The van der Waals surface area contributed by atoms with Crippen molar-refractivity contribution in [1.29, 1.82) is 0 Å². The third-order valence-corrected chi connectivity index (χ3v) is 1.97. The molecule has 5 nitrogen and oxygen atoms in total. The van der Waals surface area contributed by atoms with Gasteiger partial charge in [-0.15, -0.1) is 0 Å². The Morgan fingerprint density at radius 3 is 1.41 bits per heavy atom. The summed E-state index contributed by atoms with van der Waals surface area (Å²) in [5.74, 6) is -1.73. The first-order valence-electron chi connectivity index (χ1n) is 5.05. The summed E-state index contributed by atoms with van der Waals surface area (Å²) < 4.78 is 19.6. The number of hydrogen-bond donors (Lipinski definition) is 0. The molecule has 0 N–H and O–H groups in total. The van der Waals surface area contributed by atoms with Gasteiger partial charge in [0.25, 0.3) is 0 Å². The van der Waals surface area contributed by atoms with Crippen LogP contribution in [0.25, 0.3) is 0 Å². The fourth-order valence-electron chi connectivity index (χ4n) is 0.697. The van der Waals surface area contributed by atoms with Crippen molar-refractivity contribution in [2.24, 2.45) is 0 Å². The van der Waals surface area contributed by atoms with Gasteiger partial charge in [0.05, 0.1) is 0 Å². The third kappa shape index (κ3) is 25.6. The van der Waals surface area contributed by atoms with Gasteiger partial charge in [0, 0.05) is 12.2 Å². The van der Waals surface area contributed by atoms with Crippen molar-refractivity contribution in [1.82, 2.24) is 0 Å². The minimum absolute atomic E-state index is 0. The zero-order chi connectivity index (χ0) is 13.8. The minimum Gasteiger partial charge on any atom is -1.00 e. The monoisotopic (exact) mass is 398 g/mol. The fourth-order valence-corrected chi connectivity index (χ4v) is 1.11. The molecule has 0 aliphatic heterocycles. The maximum absolute atomic E-state index is 11.1. The van der Waals surface area contributed by atoms with Crippen LogP contribution in [-0.2, 0) is 29.3 Å². The Morgan fingerprint density at radius 2 is 1.14 bits per heavy atom. The van der Waals surface area contributed by atoms with Crippen molar-refractivity contribution >= 4 is 23.3 Å². The Hall–Kier alpha value is 3.32. The molecule has 0 bridgehead atoms. The first-order valence-corrected chi connectivity index (χ1v) is 6.05. The van der Waals surface area contributed by atoms with E-state index in [-0.39, 0.29) is 168 Å². The van der Waals surface area contributed by atoms with Crippen LogP contribution < -0.4 is 162 Å². The Bertz CT molecular complexity index is 415. The van der Waals surface area contributed by atoms with Crippen molar-refractivity contribution in [2.75, 3.05) is 0 Å². The average Bonchev–Trinajstić information content (AvgIpc) is 2.29. The molecule has 10 heteroatoms. The summed E-state index contributed by atoms with van der Waals surface area (Å²) in [4.78, 5) is 22.0. The van der Waals surface area contributed by atoms with E-state index >= 15 is 0 Å². The quantitative estimate of drug-likeness (QED) is 0.253. The molecule has 0 spiro atoms. The molecule has 0 heterocycles. The Labute approximate surface area is 269 Å². The maximum Gasteiger partial charge on any atom is 1.00 e. The first-order chi connectivity index (χ1) is 8.60. The second-order valence-corrected chi connectivity index (χ2v) is 3.52. The maximum atomic E-state index is 11.1. The van der Waals surface area contributed by atoms with E-state index in [1.807, 2.05) is 0 Å². The molecule has 0 aromatic heterocycles. The molecule has 0 amide bonds. The van der Waals surface area contributed by atoms with Gasteiger partial charge in [-0.05, 0) is 13.8 Å². The standard InChI is InChI=1S/C12H14O5S.2K.2Na.4H/c1-3-5-7-9-11(13)16-18(15)17-12(14)10-8-6-4-2;;;;;;;;/h3-10H,1-2H3;;;;;;;;/q;4*+1;4*-1/b5-3+,6-4+,9-7+,10-8+;;;;;;;;. The van der Waals surface area contributed by atoms with Gasteiger partial charge in [0.2, 0.25) is 0 Å². The Morgan fingerprint density at radius 1 is 0.818 bits per heavy atom. The van der Waals surface area contributed by atoms with Crippen molar-refractivity contribution in [3.8, 4) is 0 Å². The minimum atomic E-state index is -2.44. The summed E-state index contributed by atoms with van der Waals surface area (Å²) in [5, 5.41) is 0. The zero-order valence-corrected chi connectivity index (χ0v) is 25.1. The molecule has 106 valence electrons. The molecule has 0 saturated heterocycles. The van der Waals surface area contributed by atoms with E-state index in [2.05, 4.69) is 8.37 Å². The Balaban J connectivity index is -0.0000000516. The second-order valence-electron chi connectivity index (χ2n) is 2.78. The molecule has 0 unspecified atom stereocenters. The smallest absolute Gasteiger partial charge is 1.00 e. The van der Waals surface area contributed by atoms with Crippen LogP contribution in [0.1, 0.15) is 19.6 Å². The van der Waals surface area contributed by atoms with E-state index < -0.39 is 23.3 Å². The number of carbonyl (C=O) groups is 2. The summed E-state index contributed by atoms with van der Waals surface area (Å²) in [6.07, 6.45) is 11.5. The van der Waals surface area contributed by atoms with Gasteiger partial charge in [-0.2, -0.15) is 4.21 Å². The Kier molecular flexibility index (Phi) is 43.8. The number of allylic oxidation sites excluding steroid dienone is 6. The number of hydrogen-bond acceptors (Lipinski definition) is 5. The summed E-state index contributed by atoms with van der Waals surface area (Å²) >= 11 is -2.44. The summed E-state index contributed by atoms with van der Waals surface area (Å²) in [6, 6.07) is 0. The largest absolute Gasteiger partial charge is 1.00 e. The van der Waals surface area contributed by atoms with Crippen LogP contribution >= 0.6 is 0 Å². The van der Waals surface area contributed by atoms with Crippen molar-refractivity contribution in [3.05, 3.63) is 48.6 Å². The molecule has 0 aromatic carbocycles. The van der Waals surface area contributed by atoms with Gasteiger partial charge in [-0.3, -0.25) is 0 Å². The number of carbonyl (C=O) groups excluding carboxylic acids is 2. The molecule has 22 heavy (non-hydrogen) atoms. The van der Waals surface area contributed by atoms with Gasteiger partial charge in [-0.1, -0.05) is 36.5 Å². The van der Waals surface area contributed by atoms with Gasteiger partial charge in [0.1, 0.15) is 0 Å². The molecular weight excluding hydrogens is 380 g/mol. The van der Waals surface area contributed by atoms with E-state index in [1.54, 1.807) is 38.2 Å². The SMILES string of the molecule is C/C=C/C=C/C(=O)OS(=O)OC(=O)/C=C/C=C/C.[H-].[H-].[H-].[H-].[K+].[K+].[Na+].[Na+].